The molecule has 1 aromatic carbocycles. The fourth-order valence-electron chi connectivity index (χ4n) is 1.89. The summed E-state index contributed by atoms with van der Waals surface area (Å²) in [7, 11) is 0. The molecule has 1 aromatic rings. The van der Waals surface area contributed by atoms with Crippen LogP contribution >= 0.6 is 23.2 Å². The van der Waals surface area contributed by atoms with Gasteiger partial charge < -0.3 is 10.2 Å². The first-order valence-corrected chi connectivity index (χ1v) is 8.11. The number of halogens is 2. The predicted octanol–water partition coefficient (Wildman–Crippen LogP) is 3.77. The lowest BCUT2D eigenvalue weighted by molar-refractivity contribution is -0.132. The van der Waals surface area contributed by atoms with Crippen LogP contribution in [0.2, 0.25) is 10.0 Å². The zero-order chi connectivity index (χ0) is 17.6. The maximum absolute atomic E-state index is 12.2. The first-order valence-electron chi connectivity index (χ1n) is 7.35. The number of carbonyl (C=O) groups is 2. The molecule has 0 saturated carbocycles. The van der Waals surface area contributed by atoms with Crippen molar-refractivity contribution in [3.05, 3.63) is 39.9 Å². The molecule has 0 aliphatic carbocycles. The van der Waals surface area contributed by atoms with E-state index in [2.05, 4.69) is 5.32 Å². The van der Waals surface area contributed by atoms with E-state index in [1.54, 1.807) is 24.3 Å². The molecule has 4 nitrogen and oxygen atoms in total. The summed E-state index contributed by atoms with van der Waals surface area (Å²) in [6.07, 6.45) is 2.99. The third-order valence-corrected chi connectivity index (χ3v) is 3.49. The Kier molecular flexibility index (Phi) is 7.10. The fourth-order valence-corrected chi connectivity index (χ4v) is 2.25. The van der Waals surface area contributed by atoms with Crippen molar-refractivity contribution in [3.8, 4) is 0 Å². The number of nitrogens with one attached hydrogen (secondary N) is 1. The van der Waals surface area contributed by atoms with Crippen LogP contribution in [0.25, 0.3) is 6.08 Å². The Morgan fingerprint density at radius 1 is 1.26 bits per heavy atom. The van der Waals surface area contributed by atoms with Crippen molar-refractivity contribution < 1.29 is 9.59 Å². The lowest BCUT2D eigenvalue weighted by Gasteiger charge is -2.24. The predicted molar refractivity (Wildman–Crippen MR) is 95.6 cm³/mol. The minimum absolute atomic E-state index is 0.0141. The van der Waals surface area contributed by atoms with Gasteiger partial charge in [-0.25, -0.2) is 0 Å². The molecule has 0 unspecified atom stereocenters. The van der Waals surface area contributed by atoms with E-state index < -0.39 is 0 Å². The van der Waals surface area contributed by atoms with E-state index in [4.69, 9.17) is 23.2 Å². The fraction of sp³-hybridized carbons (Fsp3) is 0.412. The van der Waals surface area contributed by atoms with Crippen LogP contribution in [0.15, 0.2) is 24.3 Å². The standard InChI is InChI=1S/C17H22Cl2N2O2/c1-5-21(11-15(22)20-17(2,3)4)16(23)9-6-12-10-13(18)7-8-14(12)19/h6-10H,5,11H2,1-4H3,(H,20,22)/b9-6+. The van der Waals surface area contributed by atoms with Crippen molar-refractivity contribution in [2.45, 2.75) is 33.2 Å². The van der Waals surface area contributed by atoms with Crippen molar-refractivity contribution in [3.63, 3.8) is 0 Å². The van der Waals surface area contributed by atoms with E-state index in [1.165, 1.54) is 11.0 Å². The Morgan fingerprint density at radius 2 is 1.91 bits per heavy atom. The molecule has 126 valence electrons. The van der Waals surface area contributed by atoms with Gasteiger partial charge in [-0.1, -0.05) is 23.2 Å². The number of likely N-dealkylation sites (N-methyl/N-ethyl adjacent to an activating group) is 1. The normalized spacial score (nSPS) is 11.6. The van der Waals surface area contributed by atoms with Gasteiger partial charge in [0.25, 0.3) is 0 Å². The van der Waals surface area contributed by atoms with Gasteiger partial charge in [0.1, 0.15) is 0 Å². The second kappa shape index (κ2) is 8.37. The van der Waals surface area contributed by atoms with Crippen molar-refractivity contribution in [1.82, 2.24) is 10.2 Å². The van der Waals surface area contributed by atoms with Crippen LogP contribution in [0.1, 0.15) is 33.3 Å². The second-order valence-corrected chi connectivity index (χ2v) is 6.99. The third kappa shape index (κ3) is 7.06. The maximum Gasteiger partial charge on any atom is 0.247 e. The Labute approximate surface area is 147 Å². The van der Waals surface area contributed by atoms with Crippen LogP contribution in [0.4, 0.5) is 0 Å². The zero-order valence-electron chi connectivity index (χ0n) is 13.8. The molecule has 0 saturated heterocycles. The van der Waals surface area contributed by atoms with E-state index in [9.17, 15) is 9.59 Å². The molecule has 0 spiro atoms. The zero-order valence-corrected chi connectivity index (χ0v) is 15.3. The number of nitrogens with zero attached hydrogens (tertiary/aromatic N) is 1. The summed E-state index contributed by atoms with van der Waals surface area (Å²) >= 11 is 12.0. The Hall–Kier alpha value is -1.52. The van der Waals surface area contributed by atoms with Gasteiger partial charge in [-0.2, -0.15) is 0 Å². The number of amides is 2. The summed E-state index contributed by atoms with van der Waals surface area (Å²) < 4.78 is 0. The van der Waals surface area contributed by atoms with Crippen LogP contribution in [0, 0.1) is 0 Å². The molecule has 0 atom stereocenters. The number of rotatable bonds is 5. The summed E-state index contributed by atoms with van der Waals surface area (Å²) in [6.45, 7) is 7.95. The number of hydrogen-bond donors (Lipinski definition) is 1. The van der Waals surface area contributed by atoms with Crippen LogP contribution in [0.3, 0.4) is 0 Å². The van der Waals surface area contributed by atoms with Gasteiger partial charge >= 0.3 is 0 Å². The first-order chi connectivity index (χ1) is 10.6. The molecule has 0 heterocycles. The average molecular weight is 357 g/mol. The molecule has 1 N–H and O–H groups in total. The SMILES string of the molecule is CCN(CC(=O)NC(C)(C)C)C(=O)/C=C/c1cc(Cl)ccc1Cl. The van der Waals surface area contributed by atoms with Crippen LogP contribution in [0.5, 0.6) is 0 Å². The molecule has 0 fully saturated rings. The monoisotopic (exact) mass is 356 g/mol. The van der Waals surface area contributed by atoms with Gasteiger partial charge in [0.05, 0.1) is 6.54 Å². The molecule has 2 amide bonds. The molecular formula is C17H22Cl2N2O2. The summed E-state index contributed by atoms with van der Waals surface area (Å²) in [6, 6.07) is 5.02. The summed E-state index contributed by atoms with van der Waals surface area (Å²) in [5, 5.41) is 3.88. The molecule has 0 radical (unpaired) electrons. The Morgan fingerprint density at radius 3 is 2.48 bits per heavy atom. The molecule has 0 aromatic heterocycles. The minimum Gasteiger partial charge on any atom is -0.350 e. The van der Waals surface area contributed by atoms with Crippen molar-refractivity contribution in [2.75, 3.05) is 13.1 Å². The van der Waals surface area contributed by atoms with Crippen molar-refractivity contribution >= 4 is 41.1 Å². The van der Waals surface area contributed by atoms with Crippen LogP contribution in [-0.2, 0) is 9.59 Å². The van der Waals surface area contributed by atoms with Crippen molar-refractivity contribution in [1.29, 1.82) is 0 Å². The average Bonchev–Trinajstić information content (AvgIpc) is 2.43. The van der Waals surface area contributed by atoms with E-state index in [0.717, 1.165) is 0 Å². The first kappa shape index (κ1) is 19.5. The minimum atomic E-state index is -0.330. The molecule has 0 aliphatic heterocycles. The molecule has 1 rings (SSSR count). The molecule has 6 heteroatoms. The number of hydrogen-bond acceptors (Lipinski definition) is 2. The van der Waals surface area contributed by atoms with Gasteiger partial charge in [0.15, 0.2) is 0 Å². The highest BCUT2D eigenvalue weighted by Crippen LogP contribution is 2.21. The number of carbonyl (C=O) groups excluding carboxylic acids is 2. The van der Waals surface area contributed by atoms with E-state index in [-0.39, 0.29) is 23.9 Å². The quantitative estimate of drug-likeness (QED) is 0.816. The topological polar surface area (TPSA) is 49.4 Å². The van der Waals surface area contributed by atoms with Gasteiger partial charge in [-0.3, -0.25) is 9.59 Å². The summed E-state index contributed by atoms with van der Waals surface area (Å²) in [5.41, 5.74) is 0.326. The van der Waals surface area contributed by atoms with E-state index >= 15 is 0 Å². The Bertz CT molecular complexity index is 607. The number of benzene rings is 1. The van der Waals surface area contributed by atoms with Gasteiger partial charge in [0.2, 0.25) is 11.8 Å². The lowest BCUT2D eigenvalue weighted by Crippen LogP contribution is -2.47. The van der Waals surface area contributed by atoms with Crippen molar-refractivity contribution in [2.24, 2.45) is 0 Å². The maximum atomic E-state index is 12.2. The molecule has 23 heavy (non-hydrogen) atoms. The van der Waals surface area contributed by atoms with Crippen LogP contribution in [-0.4, -0.2) is 35.3 Å². The highest BCUT2D eigenvalue weighted by Gasteiger charge is 2.18. The smallest absolute Gasteiger partial charge is 0.247 e. The lowest BCUT2D eigenvalue weighted by atomic mass is 10.1. The van der Waals surface area contributed by atoms with Gasteiger partial charge in [-0.15, -0.1) is 0 Å². The largest absolute Gasteiger partial charge is 0.350 e. The second-order valence-electron chi connectivity index (χ2n) is 6.15. The van der Waals surface area contributed by atoms with Crippen LogP contribution < -0.4 is 5.32 Å². The summed E-state index contributed by atoms with van der Waals surface area (Å²) in [4.78, 5) is 25.6. The Balaban J connectivity index is 2.75. The van der Waals surface area contributed by atoms with Gasteiger partial charge in [0, 0.05) is 28.2 Å². The third-order valence-electron chi connectivity index (χ3n) is 2.91. The summed E-state index contributed by atoms with van der Waals surface area (Å²) in [5.74, 6) is -0.450. The molecule has 0 bridgehead atoms. The van der Waals surface area contributed by atoms with E-state index in [1.807, 2.05) is 27.7 Å². The van der Waals surface area contributed by atoms with E-state index in [0.29, 0.717) is 22.2 Å². The highest BCUT2D eigenvalue weighted by atomic mass is 35.5. The van der Waals surface area contributed by atoms with Gasteiger partial charge in [-0.05, 0) is 57.5 Å². The highest BCUT2D eigenvalue weighted by molar-refractivity contribution is 6.34. The molecule has 0 aliphatic rings. The molecular weight excluding hydrogens is 335 g/mol.